The van der Waals surface area contributed by atoms with Gasteiger partial charge in [0.2, 0.25) is 0 Å². The lowest BCUT2D eigenvalue weighted by molar-refractivity contribution is 0.195. The van der Waals surface area contributed by atoms with Crippen LogP contribution in [-0.2, 0) is 0 Å². The first-order chi connectivity index (χ1) is 9.38. The number of hydrogen-bond donors (Lipinski definition) is 1. The zero-order valence-electron chi connectivity index (χ0n) is 11.6. The first kappa shape index (κ1) is 14.8. The molecule has 0 bridgehead atoms. The van der Waals surface area contributed by atoms with Crippen LogP contribution in [0.3, 0.4) is 0 Å². The quantitative estimate of drug-likeness (QED) is 0.868. The smallest absolute Gasteiger partial charge is 0.133 e. The van der Waals surface area contributed by atoms with Crippen LogP contribution in [-0.4, -0.2) is 5.11 Å². The van der Waals surface area contributed by atoms with Crippen molar-refractivity contribution in [3.05, 3.63) is 57.9 Å². The van der Waals surface area contributed by atoms with Crippen LogP contribution in [0.15, 0.2) is 30.3 Å². The molecule has 2 rings (SSSR count). The predicted octanol–water partition coefficient (Wildman–Crippen LogP) is 4.94. The largest absolute Gasteiger partial charge is 0.457 e. The second kappa shape index (κ2) is 5.81. The van der Waals surface area contributed by atoms with Gasteiger partial charge in [0.15, 0.2) is 0 Å². The zero-order valence-corrected chi connectivity index (χ0v) is 12.3. The molecule has 0 amide bonds. The third-order valence-corrected chi connectivity index (χ3v) is 3.35. The number of ether oxygens (including phenoxy) is 1. The highest BCUT2D eigenvalue weighted by Crippen LogP contribution is 2.34. The van der Waals surface area contributed by atoms with Gasteiger partial charge < -0.3 is 9.84 Å². The van der Waals surface area contributed by atoms with Gasteiger partial charge in [-0.1, -0.05) is 17.7 Å². The van der Waals surface area contributed by atoms with E-state index in [4.69, 9.17) is 16.3 Å². The number of aliphatic hydroxyl groups is 1. The summed E-state index contributed by atoms with van der Waals surface area (Å²) in [6.45, 7) is 5.12. The molecule has 0 aliphatic heterocycles. The number of rotatable bonds is 3. The van der Waals surface area contributed by atoms with E-state index in [1.165, 1.54) is 6.07 Å². The van der Waals surface area contributed by atoms with Crippen molar-refractivity contribution in [2.45, 2.75) is 26.9 Å². The van der Waals surface area contributed by atoms with Gasteiger partial charge in [0, 0.05) is 10.6 Å². The second-order valence-electron chi connectivity index (χ2n) is 4.83. The van der Waals surface area contributed by atoms with Crippen molar-refractivity contribution >= 4 is 11.6 Å². The van der Waals surface area contributed by atoms with Crippen molar-refractivity contribution in [2.24, 2.45) is 0 Å². The van der Waals surface area contributed by atoms with Crippen LogP contribution in [0.5, 0.6) is 11.5 Å². The van der Waals surface area contributed by atoms with Crippen molar-refractivity contribution in [1.82, 2.24) is 0 Å². The van der Waals surface area contributed by atoms with E-state index in [1.807, 2.05) is 13.0 Å². The van der Waals surface area contributed by atoms with Gasteiger partial charge in [0.25, 0.3) is 0 Å². The second-order valence-corrected chi connectivity index (χ2v) is 5.26. The number of hydrogen-bond acceptors (Lipinski definition) is 2. The fourth-order valence-electron chi connectivity index (χ4n) is 1.89. The van der Waals surface area contributed by atoms with Crippen molar-refractivity contribution in [2.75, 3.05) is 0 Å². The molecule has 1 N–H and O–H groups in total. The van der Waals surface area contributed by atoms with E-state index >= 15 is 0 Å². The van der Waals surface area contributed by atoms with E-state index in [1.54, 1.807) is 32.0 Å². The average molecular weight is 295 g/mol. The van der Waals surface area contributed by atoms with Gasteiger partial charge in [-0.25, -0.2) is 4.39 Å². The Balaban J connectivity index is 2.47. The molecule has 0 saturated carbocycles. The molecule has 2 aromatic rings. The summed E-state index contributed by atoms with van der Waals surface area (Å²) >= 11 is 5.95. The Hall–Kier alpha value is -1.58. The lowest BCUT2D eigenvalue weighted by Gasteiger charge is -2.16. The monoisotopic (exact) mass is 294 g/mol. The van der Waals surface area contributed by atoms with Crippen molar-refractivity contribution in [3.8, 4) is 11.5 Å². The molecule has 20 heavy (non-hydrogen) atoms. The number of halogens is 2. The maximum Gasteiger partial charge on any atom is 0.133 e. The first-order valence-corrected chi connectivity index (χ1v) is 6.68. The van der Waals surface area contributed by atoms with Crippen LogP contribution in [0, 0.1) is 19.7 Å². The van der Waals surface area contributed by atoms with Gasteiger partial charge in [-0.15, -0.1) is 0 Å². The lowest BCUT2D eigenvalue weighted by Crippen LogP contribution is -1.99. The summed E-state index contributed by atoms with van der Waals surface area (Å²) in [5.41, 5.74) is 1.78. The summed E-state index contributed by atoms with van der Waals surface area (Å²) in [6, 6.07) is 8.19. The van der Waals surface area contributed by atoms with Crippen molar-refractivity contribution < 1.29 is 14.2 Å². The summed E-state index contributed by atoms with van der Waals surface area (Å²) in [7, 11) is 0. The molecule has 1 atom stereocenters. The normalized spacial score (nSPS) is 12.3. The molecule has 0 heterocycles. The molecule has 4 heteroatoms. The van der Waals surface area contributed by atoms with Crippen molar-refractivity contribution in [3.63, 3.8) is 0 Å². The SMILES string of the molecule is Cc1cc(Oc2cc(Cl)ccc2C)c(C(C)O)cc1F. The molecular formula is C16H16ClFO2. The van der Waals surface area contributed by atoms with Gasteiger partial charge in [0.05, 0.1) is 6.10 Å². The van der Waals surface area contributed by atoms with Gasteiger partial charge in [0.1, 0.15) is 17.3 Å². The van der Waals surface area contributed by atoms with Crippen molar-refractivity contribution in [1.29, 1.82) is 0 Å². The maximum atomic E-state index is 13.6. The summed E-state index contributed by atoms with van der Waals surface area (Å²) < 4.78 is 19.4. The van der Waals surface area contributed by atoms with Crippen LogP contribution in [0.2, 0.25) is 5.02 Å². The minimum atomic E-state index is -0.820. The fourth-order valence-corrected chi connectivity index (χ4v) is 2.05. The Morgan fingerprint density at radius 3 is 2.45 bits per heavy atom. The van der Waals surface area contributed by atoms with E-state index < -0.39 is 6.10 Å². The Labute approximate surface area is 122 Å². The van der Waals surface area contributed by atoms with Gasteiger partial charge in [-0.3, -0.25) is 0 Å². The molecule has 106 valence electrons. The Bertz CT molecular complexity index is 639. The molecule has 0 radical (unpaired) electrons. The summed E-state index contributed by atoms with van der Waals surface area (Å²) in [6.07, 6.45) is -0.820. The molecule has 2 aromatic carbocycles. The minimum Gasteiger partial charge on any atom is -0.457 e. The van der Waals surface area contributed by atoms with E-state index in [-0.39, 0.29) is 5.82 Å². The molecule has 0 fully saturated rings. The third-order valence-electron chi connectivity index (χ3n) is 3.11. The van der Waals surface area contributed by atoms with E-state index in [9.17, 15) is 9.50 Å². The van der Waals surface area contributed by atoms with Crippen LogP contribution < -0.4 is 4.74 Å². The molecule has 0 aliphatic rings. The van der Waals surface area contributed by atoms with Crippen LogP contribution in [0.25, 0.3) is 0 Å². The average Bonchev–Trinajstić information content (AvgIpc) is 2.37. The Kier molecular flexibility index (Phi) is 4.31. The minimum absolute atomic E-state index is 0.365. The van der Waals surface area contributed by atoms with Gasteiger partial charge in [-0.2, -0.15) is 0 Å². The Morgan fingerprint density at radius 2 is 1.80 bits per heavy atom. The van der Waals surface area contributed by atoms with Crippen LogP contribution >= 0.6 is 11.6 Å². The number of benzene rings is 2. The standard InChI is InChI=1S/C16H16ClFO2/c1-9-4-5-12(17)7-15(9)20-16-6-10(2)14(18)8-13(16)11(3)19/h4-8,11,19H,1-3H3. The Morgan fingerprint density at radius 1 is 1.10 bits per heavy atom. The predicted molar refractivity (Wildman–Crippen MR) is 78.0 cm³/mol. The lowest BCUT2D eigenvalue weighted by atomic mass is 10.1. The van der Waals surface area contributed by atoms with Crippen LogP contribution in [0.1, 0.15) is 29.7 Å². The first-order valence-electron chi connectivity index (χ1n) is 6.30. The summed E-state index contributed by atoms with van der Waals surface area (Å²) in [5, 5.41) is 10.3. The number of aliphatic hydroxyl groups excluding tert-OH is 1. The number of aryl methyl sites for hydroxylation is 2. The molecule has 2 nitrogen and oxygen atoms in total. The van der Waals surface area contributed by atoms with E-state index in [2.05, 4.69) is 0 Å². The third kappa shape index (κ3) is 3.11. The van der Waals surface area contributed by atoms with Gasteiger partial charge >= 0.3 is 0 Å². The highest BCUT2D eigenvalue weighted by atomic mass is 35.5. The zero-order chi connectivity index (χ0) is 14.9. The molecular weight excluding hydrogens is 279 g/mol. The van der Waals surface area contributed by atoms with Gasteiger partial charge in [-0.05, 0) is 56.2 Å². The van der Waals surface area contributed by atoms with Crippen LogP contribution in [0.4, 0.5) is 4.39 Å². The van der Waals surface area contributed by atoms with E-state index in [0.717, 1.165) is 5.56 Å². The maximum absolute atomic E-state index is 13.6. The molecule has 1 unspecified atom stereocenters. The molecule has 0 aromatic heterocycles. The molecule has 0 spiro atoms. The highest BCUT2D eigenvalue weighted by Gasteiger charge is 2.14. The van der Waals surface area contributed by atoms with E-state index in [0.29, 0.717) is 27.6 Å². The summed E-state index contributed by atoms with van der Waals surface area (Å²) in [5.74, 6) is 0.658. The highest BCUT2D eigenvalue weighted by molar-refractivity contribution is 6.30. The topological polar surface area (TPSA) is 29.5 Å². The molecule has 0 saturated heterocycles. The molecule has 0 aliphatic carbocycles. The summed E-state index contributed by atoms with van der Waals surface area (Å²) in [4.78, 5) is 0. The fraction of sp³-hybridized carbons (Fsp3) is 0.250.